The van der Waals surface area contributed by atoms with Crippen LogP contribution in [0.2, 0.25) is 5.02 Å². The summed E-state index contributed by atoms with van der Waals surface area (Å²) in [5, 5.41) is 17.4. The third-order valence-electron chi connectivity index (χ3n) is 3.11. The molecule has 0 saturated heterocycles. The predicted octanol–water partition coefficient (Wildman–Crippen LogP) is 2.58. The monoisotopic (exact) mass is 307 g/mol. The van der Waals surface area contributed by atoms with Crippen molar-refractivity contribution < 1.29 is 9.90 Å². The average Bonchev–Trinajstić information content (AvgIpc) is 2.94. The van der Waals surface area contributed by atoms with Gasteiger partial charge in [0.05, 0.1) is 6.10 Å². The Morgan fingerprint density at radius 2 is 2.10 bits per heavy atom. The number of benzene rings is 1. The molecule has 21 heavy (non-hydrogen) atoms. The van der Waals surface area contributed by atoms with Gasteiger partial charge in [-0.1, -0.05) is 29.8 Å². The maximum absolute atomic E-state index is 12.1. The minimum absolute atomic E-state index is 0.0891. The highest BCUT2D eigenvalue weighted by Crippen LogP contribution is 2.21. The third-order valence-corrected chi connectivity index (χ3v) is 3.46. The number of rotatable bonds is 5. The van der Waals surface area contributed by atoms with Crippen LogP contribution >= 0.6 is 11.6 Å². The summed E-state index contributed by atoms with van der Waals surface area (Å²) in [7, 11) is 0. The molecular formula is C15H18ClN3O2. The number of aromatic nitrogens is 2. The molecule has 1 amide bonds. The number of carbonyl (C=O) groups excluding carboxylic acids is 1. The Kier molecular flexibility index (Phi) is 4.98. The van der Waals surface area contributed by atoms with Gasteiger partial charge < -0.3 is 10.4 Å². The van der Waals surface area contributed by atoms with Crippen molar-refractivity contribution in [3.63, 3.8) is 0 Å². The number of amides is 1. The van der Waals surface area contributed by atoms with E-state index in [1.807, 2.05) is 13.8 Å². The normalized spacial score (nSPS) is 12.4. The largest absolute Gasteiger partial charge is 0.387 e. The summed E-state index contributed by atoms with van der Waals surface area (Å²) >= 11 is 6.01. The number of aliphatic hydroxyl groups excluding tert-OH is 1. The first-order valence-electron chi connectivity index (χ1n) is 6.75. The lowest BCUT2D eigenvalue weighted by molar-refractivity contribution is 0.0904. The van der Waals surface area contributed by atoms with Crippen LogP contribution in [0.3, 0.4) is 0 Å². The summed E-state index contributed by atoms with van der Waals surface area (Å²) in [5.41, 5.74) is 1.06. The Hall–Kier alpha value is -1.85. The first-order chi connectivity index (χ1) is 10.0. The van der Waals surface area contributed by atoms with Crippen molar-refractivity contribution in [3.05, 3.63) is 52.8 Å². The van der Waals surface area contributed by atoms with Crippen molar-refractivity contribution in [2.75, 3.05) is 6.54 Å². The lowest BCUT2D eigenvalue weighted by Crippen LogP contribution is -2.30. The number of aliphatic hydroxyl groups is 1. The Morgan fingerprint density at radius 3 is 2.76 bits per heavy atom. The topological polar surface area (TPSA) is 67.2 Å². The molecule has 2 rings (SSSR count). The van der Waals surface area contributed by atoms with Crippen LogP contribution in [0.15, 0.2) is 36.5 Å². The summed E-state index contributed by atoms with van der Waals surface area (Å²) in [6.45, 7) is 3.98. The average molecular weight is 308 g/mol. The quantitative estimate of drug-likeness (QED) is 0.892. The third kappa shape index (κ3) is 3.62. The highest BCUT2D eigenvalue weighted by atomic mass is 35.5. The molecule has 0 aliphatic rings. The van der Waals surface area contributed by atoms with Gasteiger partial charge >= 0.3 is 0 Å². The second-order valence-electron chi connectivity index (χ2n) is 5.00. The zero-order valence-electron chi connectivity index (χ0n) is 12.0. The van der Waals surface area contributed by atoms with Gasteiger partial charge in [0.15, 0.2) is 0 Å². The second kappa shape index (κ2) is 6.74. The lowest BCUT2D eigenvalue weighted by Gasteiger charge is -2.15. The summed E-state index contributed by atoms with van der Waals surface area (Å²) in [6.07, 6.45) is 0.734. The van der Waals surface area contributed by atoms with Gasteiger partial charge in [0.1, 0.15) is 5.69 Å². The summed E-state index contributed by atoms with van der Waals surface area (Å²) in [4.78, 5) is 12.1. The minimum Gasteiger partial charge on any atom is -0.387 e. The molecule has 5 nitrogen and oxygen atoms in total. The first kappa shape index (κ1) is 15.5. The standard InChI is InChI=1S/C15H18ClN3O2/c1-10(2)19-13(7-8-18-19)15(21)17-9-14(20)11-5-3-4-6-12(11)16/h3-8,10,14,20H,9H2,1-2H3,(H,17,21). The van der Waals surface area contributed by atoms with Crippen LogP contribution in [0, 0.1) is 0 Å². The van der Waals surface area contributed by atoms with Crippen LogP contribution < -0.4 is 5.32 Å². The van der Waals surface area contributed by atoms with E-state index in [0.29, 0.717) is 16.3 Å². The van der Waals surface area contributed by atoms with Gasteiger partial charge in [-0.15, -0.1) is 0 Å². The van der Waals surface area contributed by atoms with E-state index in [4.69, 9.17) is 11.6 Å². The van der Waals surface area contributed by atoms with E-state index in [2.05, 4.69) is 10.4 Å². The first-order valence-corrected chi connectivity index (χ1v) is 7.12. The molecule has 2 N–H and O–H groups in total. The zero-order chi connectivity index (χ0) is 15.4. The molecule has 1 aromatic heterocycles. The van der Waals surface area contributed by atoms with Crippen molar-refractivity contribution in [1.29, 1.82) is 0 Å². The molecule has 0 radical (unpaired) electrons. The maximum Gasteiger partial charge on any atom is 0.269 e. The molecule has 0 bridgehead atoms. The molecule has 0 spiro atoms. The van der Waals surface area contributed by atoms with Gasteiger partial charge in [0, 0.05) is 29.4 Å². The van der Waals surface area contributed by atoms with Crippen molar-refractivity contribution in [2.24, 2.45) is 0 Å². The van der Waals surface area contributed by atoms with Crippen LogP contribution in [-0.2, 0) is 0 Å². The Balaban J connectivity index is 2.01. The zero-order valence-corrected chi connectivity index (χ0v) is 12.7. The number of nitrogens with one attached hydrogen (secondary N) is 1. The van der Waals surface area contributed by atoms with Gasteiger partial charge in [-0.3, -0.25) is 9.48 Å². The SMILES string of the molecule is CC(C)n1nccc1C(=O)NCC(O)c1ccccc1Cl. The highest BCUT2D eigenvalue weighted by Gasteiger charge is 2.16. The van der Waals surface area contributed by atoms with Crippen LogP contribution in [0.4, 0.5) is 0 Å². The Labute approximate surface area is 128 Å². The van der Waals surface area contributed by atoms with Crippen LogP contribution in [-0.4, -0.2) is 27.3 Å². The fourth-order valence-corrected chi connectivity index (χ4v) is 2.30. The van der Waals surface area contributed by atoms with Gasteiger partial charge in [-0.05, 0) is 26.0 Å². The molecule has 0 fully saturated rings. The highest BCUT2D eigenvalue weighted by molar-refractivity contribution is 6.31. The number of hydrogen-bond donors (Lipinski definition) is 2. The van der Waals surface area contributed by atoms with E-state index in [9.17, 15) is 9.90 Å². The van der Waals surface area contributed by atoms with Crippen molar-refractivity contribution in [2.45, 2.75) is 26.0 Å². The molecule has 1 atom stereocenters. The molecule has 0 aliphatic heterocycles. The minimum atomic E-state index is -0.849. The molecule has 1 aromatic carbocycles. The number of halogens is 1. The van der Waals surface area contributed by atoms with E-state index in [0.717, 1.165) is 0 Å². The van der Waals surface area contributed by atoms with Gasteiger partial charge in [-0.25, -0.2) is 0 Å². The number of hydrogen-bond acceptors (Lipinski definition) is 3. The van der Waals surface area contributed by atoms with E-state index in [-0.39, 0.29) is 18.5 Å². The van der Waals surface area contributed by atoms with E-state index in [1.54, 1.807) is 41.2 Å². The molecule has 0 saturated carbocycles. The fourth-order valence-electron chi connectivity index (χ4n) is 2.04. The van der Waals surface area contributed by atoms with Crippen molar-refractivity contribution >= 4 is 17.5 Å². The summed E-state index contributed by atoms with van der Waals surface area (Å²) in [6, 6.07) is 8.76. The van der Waals surface area contributed by atoms with Crippen LogP contribution in [0.25, 0.3) is 0 Å². The molecule has 1 unspecified atom stereocenters. The smallest absolute Gasteiger partial charge is 0.269 e. The number of nitrogens with zero attached hydrogens (tertiary/aromatic N) is 2. The van der Waals surface area contributed by atoms with Gasteiger partial charge in [-0.2, -0.15) is 5.10 Å². The molecular weight excluding hydrogens is 290 g/mol. The van der Waals surface area contributed by atoms with E-state index < -0.39 is 6.10 Å². The fraction of sp³-hybridized carbons (Fsp3) is 0.333. The Morgan fingerprint density at radius 1 is 1.38 bits per heavy atom. The molecule has 6 heteroatoms. The lowest BCUT2D eigenvalue weighted by atomic mass is 10.1. The molecule has 112 valence electrons. The van der Waals surface area contributed by atoms with E-state index in [1.165, 1.54) is 0 Å². The number of carbonyl (C=O) groups is 1. The molecule has 0 aliphatic carbocycles. The van der Waals surface area contributed by atoms with Gasteiger partial charge in [0.2, 0.25) is 0 Å². The van der Waals surface area contributed by atoms with Crippen LogP contribution in [0.5, 0.6) is 0 Å². The predicted molar refractivity (Wildman–Crippen MR) is 81.4 cm³/mol. The maximum atomic E-state index is 12.1. The molecule has 1 heterocycles. The van der Waals surface area contributed by atoms with Crippen LogP contribution in [0.1, 0.15) is 42.0 Å². The summed E-state index contributed by atoms with van der Waals surface area (Å²) < 4.78 is 1.64. The van der Waals surface area contributed by atoms with Gasteiger partial charge in [0.25, 0.3) is 5.91 Å². The van der Waals surface area contributed by atoms with E-state index >= 15 is 0 Å². The second-order valence-corrected chi connectivity index (χ2v) is 5.41. The summed E-state index contributed by atoms with van der Waals surface area (Å²) in [5.74, 6) is -0.271. The molecule has 2 aromatic rings. The van der Waals surface area contributed by atoms with Crippen molar-refractivity contribution in [3.8, 4) is 0 Å². The van der Waals surface area contributed by atoms with Crippen molar-refractivity contribution in [1.82, 2.24) is 15.1 Å². The Bertz CT molecular complexity index is 625.